The van der Waals surface area contributed by atoms with Gasteiger partial charge in [-0.2, -0.15) is 5.26 Å². The van der Waals surface area contributed by atoms with E-state index in [2.05, 4.69) is 5.32 Å². The van der Waals surface area contributed by atoms with Crippen LogP contribution in [0.15, 0.2) is 42.5 Å². The average Bonchev–Trinajstić information content (AvgIpc) is 2.77. The van der Waals surface area contributed by atoms with Crippen LogP contribution in [0, 0.1) is 11.3 Å². The molecule has 156 valence electrons. The molecular weight excluding hydrogens is 388 g/mol. The number of nitriles is 1. The maximum Gasteiger partial charge on any atom is 0.331 e. The number of ether oxygens (including phenoxy) is 4. The highest BCUT2D eigenvalue weighted by molar-refractivity contribution is 5.97. The summed E-state index contributed by atoms with van der Waals surface area (Å²) >= 11 is 0. The van der Waals surface area contributed by atoms with Gasteiger partial charge in [0.2, 0.25) is 0 Å². The minimum absolute atomic E-state index is 0.310. The van der Waals surface area contributed by atoms with Gasteiger partial charge in [0, 0.05) is 17.7 Å². The zero-order valence-corrected chi connectivity index (χ0v) is 17.1. The third-order valence-corrected chi connectivity index (χ3v) is 4.10. The van der Waals surface area contributed by atoms with Gasteiger partial charge in [0.05, 0.1) is 32.6 Å². The number of esters is 1. The summed E-state index contributed by atoms with van der Waals surface area (Å²) in [7, 11) is 4.49. The van der Waals surface area contributed by atoms with E-state index in [4.69, 9.17) is 24.2 Å². The normalized spacial score (nSPS) is 11.3. The Labute approximate surface area is 174 Å². The predicted molar refractivity (Wildman–Crippen MR) is 110 cm³/mol. The number of hydrogen-bond donors (Lipinski definition) is 1. The molecule has 0 aliphatic heterocycles. The molecule has 0 fully saturated rings. The van der Waals surface area contributed by atoms with Gasteiger partial charge in [-0.3, -0.25) is 4.79 Å². The number of anilines is 1. The van der Waals surface area contributed by atoms with Crippen molar-refractivity contribution in [3.8, 4) is 23.3 Å². The molecule has 0 saturated heterocycles. The lowest BCUT2D eigenvalue weighted by molar-refractivity contribution is -0.148. The van der Waals surface area contributed by atoms with Crippen LogP contribution in [-0.2, 0) is 14.3 Å². The minimum atomic E-state index is -1.07. The first-order valence-electron chi connectivity index (χ1n) is 8.92. The van der Waals surface area contributed by atoms with E-state index in [0.29, 0.717) is 34.1 Å². The van der Waals surface area contributed by atoms with E-state index in [-0.39, 0.29) is 0 Å². The van der Waals surface area contributed by atoms with Gasteiger partial charge < -0.3 is 24.3 Å². The quantitative estimate of drug-likeness (QED) is 0.526. The second-order valence-corrected chi connectivity index (χ2v) is 6.01. The van der Waals surface area contributed by atoms with E-state index in [1.54, 1.807) is 36.4 Å². The summed E-state index contributed by atoms with van der Waals surface area (Å²) in [6, 6.07) is 11.8. The largest absolute Gasteiger partial charge is 0.496 e. The average molecular weight is 410 g/mol. The molecule has 1 N–H and O–H groups in total. The molecule has 2 aromatic carbocycles. The van der Waals surface area contributed by atoms with Crippen molar-refractivity contribution in [3.63, 3.8) is 0 Å². The highest BCUT2D eigenvalue weighted by Gasteiger charge is 2.18. The molecular formula is C22H22N2O6. The Morgan fingerprint density at radius 3 is 2.30 bits per heavy atom. The van der Waals surface area contributed by atoms with Gasteiger partial charge in [0.25, 0.3) is 5.91 Å². The molecule has 2 aromatic rings. The van der Waals surface area contributed by atoms with Crippen LogP contribution in [0.5, 0.6) is 17.2 Å². The van der Waals surface area contributed by atoms with Gasteiger partial charge in [0.1, 0.15) is 11.8 Å². The molecule has 0 aromatic heterocycles. The van der Waals surface area contributed by atoms with E-state index in [0.717, 1.165) is 0 Å². The molecule has 2 rings (SSSR count). The number of hydrogen-bond acceptors (Lipinski definition) is 7. The van der Waals surface area contributed by atoms with Crippen molar-refractivity contribution in [2.45, 2.75) is 13.0 Å². The van der Waals surface area contributed by atoms with E-state index in [9.17, 15) is 9.59 Å². The lowest BCUT2D eigenvalue weighted by Crippen LogP contribution is -2.29. The number of nitrogens with zero attached hydrogens (tertiary/aromatic N) is 1. The van der Waals surface area contributed by atoms with Crippen LogP contribution in [0.4, 0.5) is 5.69 Å². The lowest BCUT2D eigenvalue weighted by Gasteiger charge is -2.13. The standard InChI is InChI=1S/C22H22N2O6/c1-14(22(26)24-17-8-6-5-7-16(17)13-23)30-21(25)10-9-15-11-19(28-3)20(29-4)12-18(15)27-2/h5-12,14H,1-4H3,(H,24,26)/b10-9+/t14-/m1/s1. The van der Waals surface area contributed by atoms with E-state index in [1.165, 1.54) is 40.4 Å². The maximum absolute atomic E-state index is 12.3. The Morgan fingerprint density at radius 2 is 1.67 bits per heavy atom. The summed E-state index contributed by atoms with van der Waals surface area (Å²) in [4.78, 5) is 24.4. The summed E-state index contributed by atoms with van der Waals surface area (Å²) in [5.74, 6) is 0.147. The number of nitrogens with one attached hydrogen (secondary N) is 1. The topological polar surface area (TPSA) is 107 Å². The summed E-state index contributed by atoms with van der Waals surface area (Å²) < 4.78 is 20.9. The van der Waals surface area contributed by atoms with Crippen LogP contribution in [0.25, 0.3) is 6.08 Å². The van der Waals surface area contributed by atoms with Gasteiger partial charge in [-0.05, 0) is 31.2 Å². The predicted octanol–water partition coefficient (Wildman–Crippen LogP) is 3.17. The molecule has 0 saturated carbocycles. The smallest absolute Gasteiger partial charge is 0.331 e. The lowest BCUT2D eigenvalue weighted by atomic mass is 10.1. The van der Waals surface area contributed by atoms with E-state index >= 15 is 0 Å². The number of methoxy groups -OCH3 is 3. The third-order valence-electron chi connectivity index (χ3n) is 4.10. The van der Waals surface area contributed by atoms with Crippen LogP contribution in [0.1, 0.15) is 18.1 Å². The molecule has 8 nitrogen and oxygen atoms in total. The molecule has 8 heteroatoms. The maximum atomic E-state index is 12.3. The van der Waals surface area contributed by atoms with Crippen molar-refractivity contribution < 1.29 is 28.5 Å². The first-order valence-corrected chi connectivity index (χ1v) is 8.92. The minimum Gasteiger partial charge on any atom is -0.496 e. The van der Waals surface area contributed by atoms with E-state index < -0.39 is 18.0 Å². The molecule has 1 amide bonds. The monoisotopic (exact) mass is 410 g/mol. The van der Waals surface area contributed by atoms with Crippen LogP contribution in [-0.4, -0.2) is 39.3 Å². The van der Waals surface area contributed by atoms with Crippen LogP contribution >= 0.6 is 0 Å². The number of carbonyl (C=O) groups excluding carboxylic acids is 2. The molecule has 0 radical (unpaired) electrons. The second-order valence-electron chi connectivity index (χ2n) is 6.01. The van der Waals surface area contributed by atoms with E-state index in [1.807, 2.05) is 6.07 Å². The fourth-order valence-electron chi connectivity index (χ4n) is 2.53. The molecule has 0 aliphatic carbocycles. The fraction of sp³-hybridized carbons (Fsp3) is 0.227. The molecule has 1 atom stereocenters. The molecule has 0 bridgehead atoms. The number of carbonyl (C=O) groups is 2. The van der Waals surface area contributed by atoms with Gasteiger partial charge >= 0.3 is 5.97 Å². The summed E-state index contributed by atoms with van der Waals surface area (Å²) in [5.41, 5.74) is 1.22. The zero-order chi connectivity index (χ0) is 22.1. The number of rotatable bonds is 8. The van der Waals surface area contributed by atoms with Crippen LogP contribution in [0.2, 0.25) is 0 Å². The summed E-state index contributed by atoms with van der Waals surface area (Å²) in [6.45, 7) is 1.44. The first kappa shape index (κ1) is 22.3. The molecule has 30 heavy (non-hydrogen) atoms. The molecule has 0 spiro atoms. The Bertz CT molecular complexity index is 994. The Balaban J connectivity index is 2.07. The summed E-state index contributed by atoms with van der Waals surface area (Å²) in [6.07, 6.45) is 1.59. The highest BCUT2D eigenvalue weighted by atomic mass is 16.5. The van der Waals surface area contributed by atoms with Crippen molar-refractivity contribution in [2.24, 2.45) is 0 Å². The van der Waals surface area contributed by atoms with Crippen molar-refractivity contribution in [1.82, 2.24) is 0 Å². The fourth-order valence-corrected chi connectivity index (χ4v) is 2.53. The first-order chi connectivity index (χ1) is 14.4. The second kappa shape index (κ2) is 10.5. The summed E-state index contributed by atoms with van der Waals surface area (Å²) in [5, 5.41) is 11.7. The van der Waals surface area contributed by atoms with Gasteiger partial charge in [-0.15, -0.1) is 0 Å². The zero-order valence-electron chi connectivity index (χ0n) is 17.1. The highest BCUT2D eigenvalue weighted by Crippen LogP contribution is 2.35. The Kier molecular flexibility index (Phi) is 7.82. The third kappa shape index (κ3) is 5.52. The van der Waals surface area contributed by atoms with Crippen molar-refractivity contribution in [1.29, 1.82) is 5.26 Å². The van der Waals surface area contributed by atoms with Gasteiger partial charge in [-0.25, -0.2) is 4.79 Å². The van der Waals surface area contributed by atoms with Gasteiger partial charge in [0.15, 0.2) is 17.6 Å². The number of benzene rings is 2. The van der Waals surface area contributed by atoms with Crippen LogP contribution < -0.4 is 19.5 Å². The van der Waals surface area contributed by atoms with Gasteiger partial charge in [-0.1, -0.05) is 12.1 Å². The molecule has 0 unspecified atom stereocenters. The Morgan fingerprint density at radius 1 is 1.03 bits per heavy atom. The molecule has 0 heterocycles. The van der Waals surface area contributed by atoms with Crippen molar-refractivity contribution in [2.75, 3.05) is 26.6 Å². The van der Waals surface area contributed by atoms with Crippen LogP contribution in [0.3, 0.4) is 0 Å². The molecule has 0 aliphatic rings. The van der Waals surface area contributed by atoms with Crippen molar-refractivity contribution in [3.05, 3.63) is 53.6 Å². The number of amides is 1. The SMILES string of the molecule is COc1cc(OC)c(OC)cc1/C=C/C(=O)O[C@H](C)C(=O)Nc1ccccc1C#N. The van der Waals surface area contributed by atoms with Crippen molar-refractivity contribution >= 4 is 23.6 Å². The number of para-hydroxylation sites is 1. The Hall–Kier alpha value is -3.99.